The number of hydrogen-bond acceptors (Lipinski definition) is 2. The summed E-state index contributed by atoms with van der Waals surface area (Å²) in [6.07, 6.45) is 6.11. The molecule has 2 aromatic rings. The third-order valence-corrected chi connectivity index (χ3v) is 4.25. The zero-order valence-corrected chi connectivity index (χ0v) is 14.0. The minimum absolute atomic E-state index is 0.628. The van der Waals surface area contributed by atoms with Crippen LogP contribution in [-0.4, -0.2) is 7.05 Å². The van der Waals surface area contributed by atoms with Crippen LogP contribution < -0.4 is 4.90 Å². The van der Waals surface area contributed by atoms with E-state index in [1.54, 1.807) is 0 Å². The van der Waals surface area contributed by atoms with Crippen molar-refractivity contribution >= 4 is 17.3 Å². The Morgan fingerprint density at radius 2 is 1.70 bits per heavy atom. The first kappa shape index (κ1) is 15.7. The molecule has 0 bridgehead atoms. The van der Waals surface area contributed by atoms with Crippen molar-refractivity contribution < 1.29 is 4.74 Å². The van der Waals surface area contributed by atoms with Gasteiger partial charge in [0, 0.05) is 29.9 Å². The van der Waals surface area contributed by atoms with E-state index in [0.717, 1.165) is 29.3 Å². The van der Waals surface area contributed by atoms with Crippen molar-refractivity contribution in [3.8, 4) is 0 Å². The van der Waals surface area contributed by atoms with Crippen LogP contribution in [0.2, 0.25) is 5.02 Å². The van der Waals surface area contributed by atoms with E-state index < -0.39 is 0 Å². The van der Waals surface area contributed by atoms with Crippen LogP contribution >= 0.6 is 11.6 Å². The average molecular weight is 326 g/mol. The average Bonchev–Trinajstić information content (AvgIpc) is 2.61. The molecule has 1 aliphatic carbocycles. The van der Waals surface area contributed by atoms with E-state index in [-0.39, 0.29) is 0 Å². The maximum Gasteiger partial charge on any atom is 0.113 e. The SMILES string of the molecule is CN(C1=CC=C(OCc2ccccc2)CC1)c1ccc(Cl)cc1. The second-order valence-electron chi connectivity index (χ2n) is 5.60. The predicted octanol–water partition coefficient (Wildman–Crippen LogP) is 5.55. The molecule has 0 N–H and O–H groups in total. The quantitative estimate of drug-likeness (QED) is 0.714. The van der Waals surface area contributed by atoms with Crippen LogP contribution in [0.5, 0.6) is 0 Å². The molecular formula is C20H20ClNO. The van der Waals surface area contributed by atoms with E-state index in [4.69, 9.17) is 16.3 Å². The van der Waals surface area contributed by atoms with Crippen molar-refractivity contribution in [2.45, 2.75) is 19.4 Å². The molecule has 0 aromatic heterocycles. The Hall–Kier alpha value is -2.19. The van der Waals surface area contributed by atoms with Gasteiger partial charge in [0.15, 0.2) is 0 Å². The number of nitrogens with zero attached hydrogens (tertiary/aromatic N) is 1. The van der Waals surface area contributed by atoms with Crippen molar-refractivity contribution in [1.82, 2.24) is 0 Å². The van der Waals surface area contributed by atoms with Gasteiger partial charge in [-0.2, -0.15) is 0 Å². The van der Waals surface area contributed by atoms with E-state index in [2.05, 4.69) is 36.2 Å². The fourth-order valence-electron chi connectivity index (χ4n) is 2.59. The molecule has 0 atom stereocenters. The number of benzene rings is 2. The minimum Gasteiger partial charge on any atom is -0.493 e. The molecule has 118 valence electrons. The summed E-state index contributed by atoms with van der Waals surface area (Å²) in [6, 6.07) is 18.2. The van der Waals surface area contributed by atoms with Crippen molar-refractivity contribution in [2.24, 2.45) is 0 Å². The van der Waals surface area contributed by atoms with Gasteiger partial charge in [-0.1, -0.05) is 41.9 Å². The van der Waals surface area contributed by atoms with Gasteiger partial charge in [0.2, 0.25) is 0 Å². The summed E-state index contributed by atoms with van der Waals surface area (Å²) < 4.78 is 5.90. The molecule has 0 spiro atoms. The monoisotopic (exact) mass is 325 g/mol. The van der Waals surface area contributed by atoms with Gasteiger partial charge in [-0.15, -0.1) is 0 Å². The first-order valence-corrected chi connectivity index (χ1v) is 8.16. The molecule has 1 aliphatic rings. The molecule has 2 nitrogen and oxygen atoms in total. The maximum absolute atomic E-state index is 5.95. The molecule has 3 heteroatoms. The molecule has 0 saturated heterocycles. The first-order chi connectivity index (χ1) is 11.2. The Labute approximate surface area is 142 Å². The van der Waals surface area contributed by atoms with Crippen LogP contribution in [0.1, 0.15) is 18.4 Å². The van der Waals surface area contributed by atoms with Gasteiger partial charge in [-0.05, 0) is 48.4 Å². The predicted molar refractivity (Wildman–Crippen MR) is 96.5 cm³/mol. The summed E-state index contributed by atoms with van der Waals surface area (Å²) in [6.45, 7) is 0.628. The highest BCUT2D eigenvalue weighted by molar-refractivity contribution is 6.30. The Morgan fingerprint density at radius 1 is 0.957 bits per heavy atom. The molecule has 0 heterocycles. The fourth-order valence-corrected chi connectivity index (χ4v) is 2.71. The molecule has 23 heavy (non-hydrogen) atoms. The lowest BCUT2D eigenvalue weighted by molar-refractivity contribution is 0.188. The second-order valence-corrected chi connectivity index (χ2v) is 6.04. The molecule has 3 rings (SSSR count). The Kier molecular flexibility index (Phi) is 5.04. The number of ether oxygens (including phenoxy) is 1. The zero-order chi connectivity index (χ0) is 16.1. The number of anilines is 1. The van der Waals surface area contributed by atoms with E-state index in [1.807, 2.05) is 42.5 Å². The van der Waals surface area contributed by atoms with E-state index in [1.165, 1.54) is 11.3 Å². The largest absolute Gasteiger partial charge is 0.493 e. The molecular weight excluding hydrogens is 306 g/mol. The lowest BCUT2D eigenvalue weighted by Crippen LogP contribution is -2.18. The molecule has 2 aromatic carbocycles. The highest BCUT2D eigenvalue weighted by Crippen LogP contribution is 2.27. The number of hydrogen-bond donors (Lipinski definition) is 0. The number of halogens is 1. The third-order valence-electron chi connectivity index (χ3n) is 4.00. The Bertz CT molecular complexity index is 704. The van der Waals surface area contributed by atoms with Crippen molar-refractivity contribution in [1.29, 1.82) is 0 Å². The Morgan fingerprint density at radius 3 is 2.35 bits per heavy atom. The van der Waals surface area contributed by atoms with Gasteiger partial charge in [0.25, 0.3) is 0 Å². The van der Waals surface area contributed by atoms with Gasteiger partial charge >= 0.3 is 0 Å². The normalized spacial score (nSPS) is 14.0. The summed E-state index contributed by atoms with van der Waals surface area (Å²) in [5.41, 5.74) is 3.61. The van der Waals surface area contributed by atoms with Crippen molar-refractivity contribution in [3.63, 3.8) is 0 Å². The highest BCUT2D eigenvalue weighted by atomic mass is 35.5. The van der Waals surface area contributed by atoms with Crippen LogP contribution in [0.3, 0.4) is 0 Å². The van der Waals surface area contributed by atoms with Crippen molar-refractivity contribution in [2.75, 3.05) is 11.9 Å². The molecule has 0 fully saturated rings. The zero-order valence-electron chi connectivity index (χ0n) is 13.2. The van der Waals surface area contributed by atoms with Gasteiger partial charge in [0.05, 0.1) is 5.76 Å². The summed E-state index contributed by atoms with van der Waals surface area (Å²) in [7, 11) is 2.08. The van der Waals surface area contributed by atoms with Crippen molar-refractivity contribution in [3.05, 3.63) is 88.8 Å². The van der Waals surface area contributed by atoms with Gasteiger partial charge in [-0.3, -0.25) is 0 Å². The molecule has 0 unspecified atom stereocenters. The minimum atomic E-state index is 0.628. The smallest absolute Gasteiger partial charge is 0.113 e. The van der Waals surface area contributed by atoms with Gasteiger partial charge in [-0.25, -0.2) is 0 Å². The maximum atomic E-state index is 5.95. The Balaban J connectivity index is 1.62. The second kappa shape index (κ2) is 7.38. The summed E-state index contributed by atoms with van der Waals surface area (Å²) in [5, 5.41) is 0.760. The molecule has 0 amide bonds. The van der Waals surface area contributed by atoms with Gasteiger partial charge in [0.1, 0.15) is 6.61 Å². The number of allylic oxidation sites excluding steroid dienone is 4. The summed E-state index contributed by atoms with van der Waals surface area (Å²) in [4.78, 5) is 2.20. The molecule has 0 saturated carbocycles. The molecule has 0 aliphatic heterocycles. The lowest BCUT2D eigenvalue weighted by atomic mass is 10.1. The van der Waals surface area contributed by atoms with Gasteiger partial charge < -0.3 is 9.64 Å². The number of rotatable bonds is 5. The van der Waals surface area contributed by atoms with Crippen LogP contribution in [-0.2, 0) is 11.3 Å². The summed E-state index contributed by atoms with van der Waals surface area (Å²) >= 11 is 5.95. The third kappa shape index (κ3) is 4.17. The topological polar surface area (TPSA) is 12.5 Å². The standard InChI is InChI=1S/C20H20ClNO/c1-22(18-9-7-17(21)8-10-18)19-11-13-20(14-12-19)23-15-16-5-3-2-4-6-16/h2-11,13H,12,14-15H2,1H3. The van der Waals surface area contributed by atoms with Crippen LogP contribution in [0, 0.1) is 0 Å². The van der Waals surface area contributed by atoms with Crippen LogP contribution in [0.25, 0.3) is 0 Å². The highest BCUT2D eigenvalue weighted by Gasteiger charge is 2.12. The molecule has 0 radical (unpaired) electrons. The lowest BCUT2D eigenvalue weighted by Gasteiger charge is -2.25. The first-order valence-electron chi connectivity index (χ1n) is 7.78. The van der Waals surface area contributed by atoms with E-state index in [9.17, 15) is 0 Å². The summed E-state index contributed by atoms with van der Waals surface area (Å²) in [5.74, 6) is 1.04. The van der Waals surface area contributed by atoms with E-state index >= 15 is 0 Å². The fraction of sp³-hybridized carbons (Fsp3) is 0.200. The van der Waals surface area contributed by atoms with Crippen LogP contribution in [0.4, 0.5) is 5.69 Å². The van der Waals surface area contributed by atoms with Crippen LogP contribution in [0.15, 0.2) is 78.2 Å². The van der Waals surface area contributed by atoms with E-state index in [0.29, 0.717) is 6.61 Å².